The average molecular weight is 467 g/mol. The van der Waals surface area contributed by atoms with Crippen molar-refractivity contribution in [3.63, 3.8) is 0 Å². The molecule has 0 bridgehead atoms. The summed E-state index contributed by atoms with van der Waals surface area (Å²) in [6.07, 6.45) is 0. The molecule has 0 saturated heterocycles. The number of hydrogen-bond acceptors (Lipinski definition) is 0. The predicted octanol–water partition coefficient (Wildman–Crippen LogP) is 5.59. The van der Waals surface area contributed by atoms with E-state index in [0.29, 0.717) is 12.1 Å². The summed E-state index contributed by atoms with van der Waals surface area (Å²) in [5, 5.41) is 15.7. The van der Waals surface area contributed by atoms with Gasteiger partial charge in [0.05, 0.1) is 0 Å². The minimum Gasteiger partial charge on any atom is -0.665 e. The molecule has 0 amide bonds. The summed E-state index contributed by atoms with van der Waals surface area (Å²) in [5.41, 5.74) is 0. The molecule has 0 aromatic heterocycles. The van der Waals surface area contributed by atoms with Crippen molar-refractivity contribution in [2.24, 2.45) is 0 Å². The molecule has 21 heavy (non-hydrogen) atoms. The first-order valence-corrected chi connectivity index (χ1v) is 7.81. The van der Waals surface area contributed by atoms with Crippen molar-refractivity contribution < 1.29 is 25.8 Å². The predicted molar refractivity (Wildman–Crippen MR) is 97.7 cm³/mol. The summed E-state index contributed by atoms with van der Waals surface area (Å²) < 4.78 is 0. The third-order valence-electron chi connectivity index (χ3n) is 1.73. The maximum Gasteiger partial charge on any atom is 4.00 e. The number of rotatable bonds is 6. The first kappa shape index (κ1) is 33.3. The summed E-state index contributed by atoms with van der Waals surface area (Å²) in [6.45, 7) is 20.3. The molecule has 0 N–H and O–H groups in total. The second-order valence-electron chi connectivity index (χ2n) is 4.45. The van der Waals surface area contributed by atoms with E-state index in [9.17, 15) is 0 Å². The molecule has 0 aliphatic rings. The number of nitrogens with zero attached hydrogens (tertiary/aromatic N) is 4. The van der Waals surface area contributed by atoms with Crippen LogP contribution in [0.15, 0.2) is 0 Å². The minimum atomic E-state index is 0. The van der Waals surface area contributed by atoms with Gasteiger partial charge in [0.15, 0.2) is 0 Å². The van der Waals surface area contributed by atoms with Gasteiger partial charge < -0.3 is 21.3 Å². The van der Waals surface area contributed by atoms with Crippen molar-refractivity contribution in [1.29, 1.82) is 0 Å². The van der Waals surface area contributed by atoms with E-state index in [1.807, 2.05) is 13.8 Å². The Kier molecular flexibility index (Phi) is 59.0. The fraction of sp³-hybridized carbons (Fsp3) is 1.00. The first-order chi connectivity index (χ1) is 9.37. The van der Waals surface area contributed by atoms with Crippen LogP contribution in [0, 0.1) is 0 Å². The summed E-state index contributed by atoms with van der Waals surface area (Å²) in [6, 6.07) is 1.05. The van der Waals surface area contributed by atoms with Gasteiger partial charge in [0, 0.05) is 0 Å². The molecule has 0 aliphatic carbocycles. The van der Waals surface area contributed by atoms with Crippen molar-refractivity contribution in [3.8, 4) is 0 Å². The Labute approximate surface area is 154 Å². The molecule has 0 rings (SSSR count). The first-order valence-electron chi connectivity index (χ1n) is 7.81. The topological polar surface area (TPSA) is 56.4 Å². The molecule has 0 atom stereocenters. The molecule has 0 aromatic carbocycles. The van der Waals surface area contributed by atoms with E-state index >= 15 is 0 Å². The van der Waals surface area contributed by atoms with Crippen LogP contribution in [-0.2, 0) is 25.8 Å². The van der Waals surface area contributed by atoms with Gasteiger partial charge in [-0.15, -0.1) is 12.1 Å². The van der Waals surface area contributed by atoms with E-state index in [2.05, 4.69) is 62.8 Å². The summed E-state index contributed by atoms with van der Waals surface area (Å²) in [4.78, 5) is 0. The molecule has 0 saturated carbocycles. The molecule has 0 aromatic rings. The Morgan fingerprint density at radius 2 is 0.762 bits per heavy atom. The Balaban J connectivity index is -0.0000000544. The van der Waals surface area contributed by atoms with E-state index in [4.69, 9.17) is 0 Å². The zero-order valence-corrected chi connectivity index (χ0v) is 19.9. The van der Waals surface area contributed by atoms with Crippen molar-refractivity contribution in [1.82, 2.24) is 0 Å². The van der Waals surface area contributed by atoms with Crippen LogP contribution in [0.1, 0.15) is 55.4 Å². The molecular formula is C16H40HfN4. The molecular weight excluding hydrogens is 427 g/mol. The van der Waals surface area contributed by atoms with Gasteiger partial charge in [-0.05, 0) is 0 Å². The Hall–Kier alpha value is 0.710. The van der Waals surface area contributed by atoms with Crippen LogP contribution in [0.2, 0.25) is 0 Å². The van der Waals surface area contributed by atoms with Crippen LogP contribution in [-0.4, -0.2) is 52.4 Å². The number of hydrogen-bond donors (Lipinski definition) is 0. The second kappa shape index (κ2) is 37.2. The van der Waals surface area contributed by atoms with E-state index in [-0.39, 0.29) is 25.8 Å². The molecule has 0 aliphatic heterocycles. The van der Waals surface area contributed by atoms with Crippen molar-refractivity contribution in [3.05, 3.63) is 21.3 Å². The third kappa shape index (κ3) is 95.6. The van der Waals surface area contributed by atoms with Crippen LogP contribution in [0.5, 0.6) is 0 Å². The molecule has 5 heteroatoms. The summed E-state index contributed by atoms with van der Waals surface area (Å²) in [7, 11) is 3.61. The van der Waals surface area contributed by atoms with Gasteiger partial charge in [-0.3, -0.25) is 0 Å². The van der Waals surface area contributed by atoms with E-state index in [1.54, 1.807) is 14.1 Å². The van der Waals surface area contributed by atoms with Gasteiger partial charge in [-0.25, -0.2) is 0 Å². The summed E-state index contributed by atoms with van der Waals surface area (Å²) >= 11 is 0. The van der Waals surface area contributed by atoms with Gasteiger partial charge in [-0.1, -0.05) is 55.4 Å². The molecule has 0 fully saturated rings. The van der Waals surface area contributed by atoms with Crippen LogP contribution in [0.25, 0.3) is 21.3 Å². The zero-order chi connectivity index (χ0) is 16.8. The minimum absolute atomic E-state index is 0. The van der Waals surface area contributed by atoms with Gasteiger partial charge in [0.25, 0.3) is 0 Å². The Morgan fingerprint density at radius 1 is 0.571 bits per heavy atom. The van der Waals surface area contributed by atoms with E-state index < -0.39 is 0 Å². The van der Waals surface area contributed by atoms with E-state index in [1.165, 1.54) is 0 Å². The van der Waals surface area contributed by atoms with Gasteiger partial charge in [-0.2, -0.15) is 40.3 Å². The van der Waals surface area contributed by atoms with Crippen LogP contribution in [0.4, 0.5) is 0 Å². The Bertz CT molecular complexity index is 105. The fourth-order valence-corrected chi connectivity index (χ4v) is 0.730. The standard InChI is InChI=1S/2C5H12N.2C3H8N.Hf/c2*1-4-6-5(2)3;2*1-3-4-2;/h2*5H,4H2,1-3H3;2*3H2,1-2H3;/q4*-1;+4. The molecule has 0 heterocycles. The van der Waals surface area contributed by atoms with E-state index in [0.717, 1.165) is 26.2 Å². The SMILES string of the molecule is CC[N-]C.CC[N-]C.CC[N-]C(C)C.CC[N-]C(C)C.[Hf+4]. The van der Waals surface area contributed by atoms with Crippen molar-refractivity contribution in [2.75, 3.05) is 40.3 Å². The van der Waals surface area contributed by atoms with Crippen LogP contribution >= 0.6 is 0 Å². The molecule has 0 radical (unpaired) electrons. The average Bonchev–Trinajstić information content (AvgIpc) is 2.39. The zero-order valence-electron chi connectivity index (χ0n) is 16.3. The third-order valence-corrected chi connectivity index (χ3v) is 1.73. The van der Waals surface area contributed by atoms with Gasteiger partial charge >= 0.3 is 25.8 Å². The fourth-order valence-electron chi connectivity index (χ4n) is 0.730. The summed E-state index contributed by atoms with van der Waals surface area (Å²) in [5.74, 6) is 0. The molecule has 128 valence electrons. The van der Waals surface area contributed by atoms with Gasteiger partial charge in [0.1, 0.15) is 0 Å². The maximum atomic E-state index is 4.12. The normalized spacial score (nSPS) is 8.57. The molecule has 0 spiro atoms. The maximum absolute atomic E-state index is 4.12. The second-order valence-corrected chi connectivity index (χ2v) is 4.45. The van der Waals surface area contributed by atoms with Crippen LogP contribution in [0.3, 0.4) is 0 Å². The monoisotopic (exact) mass is 468 g/mol. The van der Waals surface area contributed by atoms with Crippen molar-refractivity contribution >= 4 is 0 Å². The Morgan fingerprint density at radius 3 is 0.762 bits per heavy atom. The van der Waals surface area contributed by atoms with Crippen LogP contribution < -0.4 is 0 Å². The van der Waals surface area contributed by atoms with Gasteiger partial charge in [0.2, 0.25) is 0 Å². The molecule has 4 nitrogen and oxygen atoms in total. The largest absolute Gasteiger partial charge is 4.00 e. The van der Waals surface area contributed by atoms with Crippen molar-refractivity contribution in [2.45, 2.75) is 67.5 Å². The smallest absolute Gasteiger partial charge is 0.665 e. The molecule has 0 unspecified atom stereocenters. The quantitative estimate of drug-likeness (QED) is 0.458.